The first-order chi connectivity index (χ1) is 9.74. The lowest BCUT2D eigenvalue weighted by Crippen LogP contribution is -2.09. The fourth-order valence-corrected chi connectivity index (χ4v) is 2.35. The highest BCUT2D eigenvalue weighted by Gasteiger charge is 2.23. The summed E-state index contributed by atoms with van der Waals surface area (Å²) in [6, 6.07) is 16.7. The van der Waals surface area contributed by atoms with Gasteiger partial charge in [0.25, 0.3) is 0 Å². The fraction of sp³-hybridized carbons (Fsp3) is 0.0625. The average Bonchev–Trinajstić information content (AvgIpc) is 2.81. The summed E-state index contributed by atoms with van der Waals surface area (Å²) >= 11 is 0. The molecule has 4 heteroatoms. The number of hydrogen-bond acceptors (Lipinski definition) is 3. The van der Waals surface area contributed by atoms with Crippen molar-refractivity contribution in [1.82, 2.24) is 4.57 Å². The summed E-state index contributed by atoms with van der Waals surface area (Å²) in [5.74, 6) is -0.626. The van der Waals surface area contributed by atoms with Crippen molar-refractivity contribution in [2.24, 2.45) is 0 Å². The third-order valence-electron chi connectivity index (χ3n) is 3.24. The zero-order chi connectivity index (χ0) is 14.1. The van der Waals surface area contributed by atoms with Gasteiger partial charge in [0, 0.05) is 11.1 Å². The molecular weight excluding hydrogens is 254 g/mol. The number of benzene rings is 2. The van der Waals surface area contributed by atoms with Crippen molar-refractivity contribution in [2.45, 2.75) is 0 Å². The summed E-state index contributed by atoms with van der Waals surface area (Å²) in [7, 11) is 1.30. The van der Waals surface area contributed by atoms with Crippen LogP contribution in [0.4, 0.5) is 0 Å². The van der Waals surface area contributed by atoms with Crippen LogP contribution in [0.1, 0.15) is 10.5 Å². The van der Waals surface area contributed by atoms with Crippen molar-refractivity contribution in [2.75, 3.05) is 7.11 Å². The van der Waals surface area contributed by atoms with E-state index in [0.717, 1.165) is 11.2 Å². The summed E-state index contributed by atoms with van der Waals surface area (Å²) in [5, 5.41) is 10.9. The van der Waals surface area contributed by atoms with Crippen LogP contribution in [0.3, 0.4) is 0 Å². The van der Waals surface area contributed by atoms with Gasteiger partial charge in [-0.2, -0.15) is 0 Å². The van der Waals surface area contributed by atoms with Crippen LogP contribution in [0.5, 0.6) is 5.75 Å². The lowest BCUT2D eigenvalue weighted by atomic mass is 10.2. The number of para-hydroxylation sites is 2. The molecule has 0 fully saturated rings. The number of methoxy groups -OCH3 is 1. The average molecular weight is 267 g/mol. The Kier molecular flexibility index (Phi) is 2.91. The van der Waals surface area contributed by atoms with Crippen molar-refractivity contribution >= 4 is 16.9 Å². The largest absolute Gasteiger partial charge is 0.505 e. The van der Waals surface area contributed by atoms with Crippen molar-refractivity contribution in [1.29, 1.82) is 0 Å². The molecule has 1 aromatic heterocycles. The molecule has 0 spiro atoms. The van der Waals surface area contributed by atoms with Gasteiger partial charge in [-0.05, 0) is 24.3 Å². The quantitative estimate of drug-likeness (QED) is 0.726. The molecular formula is C16H13NO3. The lowest BCUT2D eigenvalue weighted by Gasteiger charge is -2.09. The predicted octanol–water partition coefficient (Wildman–Crippen LogP) is 3.12. The van der Waals surface area contributed by atoms with Crippen LogP contribution < -0.4 is 0 Å². The Hall–Kier alpha value is -2.75. The first-order valence-electron chi connectivity index (χ1n) is 6.20. The number of ether oxygens (including phenoxy) is 1. The van der Waals surface area contributed by atoms with E-state index >= 15 is 0 Å². The first-order valence-corrected chi connectivity index (χ1v) is 6.20. The maximum atomic E-state index is 12.0. The van der Waals surface area contributed by atoms with Crippen LogP contribution in [-0.4, -0.2) is 22.8 Å². The molecule has 1 heterocycles. The van der Waals surface area contributed by atoms with Gasteiger partial charge in [-0.3, -0.25) is 0 Å². The number of esters is 1. The Balaban J connectivity index is 2.42. The second-order valence-electron chi connectivity index (χ2n) is 4.38. The molecule has 0 aliphatic rings. The van der Waals surface area contributed by atoms with Gasteiger partial charge in [0.15, 0.2) is 11.4 Å². The number of rotatable bonds is 2. The van der Waals surface area contributed by atoms with Crippen molar-refractivity contribution < 1.29 is 14.6 Å². The highest BCUT2D eigenvalue weighted by molar-refractivity contribution is 6.02. The molecule has 0 aliphatic heterocycles. The molecule has 20 heavy (non-hydrogen) atoms. The maximum absolute atomic E-state index is 12.0. The summed E-state index contributed by atoms with van der Waals surface area (Å²) in [4.78, 5) is 12.0. The molecule has 4 nitrogen and oxygen atoms in total. The third-order valence-corrected chi connectivity index (χ3v) is 3.24. The lowest BCUT2D eigenvalue weighted by molar-refractivity contribution is 0.0588. The van der Waals surface area contributed by atoms with E-state index in [0.29, 0.717) is 5.39 Å². The van der Waals surface area contributed by atoms with E-state index in [1.165, 1.54) is 7.11 Å². The van der Waals surface area contributed by atoms with Gasteiger partial charge < -0.3 is 14.4 Å². The molecule has 0 saturated carbocycles. The monoisotopic (exact) mass is 267 g/mol. The highest BCUT2D eigenvalue weighted by atomic mass is 16.5. The number of nitrogens with zero attached hydrogens (tertiary/aromatic N) is 1. The minimum atomic E-state index is -0.567. The Morgan fingerprint density at radius 3 is 2.40 bits per heavy atom. The zero-order valence-corrected chi connectivity index (χ0v) is 10.9. The molecule has 1 N–H and O–H groups in total. The molecule has 0 radical (unpaired) electrons. The number of aromatic hydroxyl groups is 1. The van der Waals surface area contributed by atoms with E-state index in [2.05, 4.69) is 0 Å². The van der Waals surface area contributed by atoms with Crippen LogP contribution in [0, 0.1) is 0 Å². The summed E-state index contributed by atoms with van der Waals surface area (Å²) in [6.07, 6.45) is 0. The molecule has 0 unspecified atom stereocenters. The smallest absolute Gasteiger partial charge is 0.358 e. The van der Waals surface area contributed by atoms with Crippen LogP contribution in [0.25, 0.3) is 16.6 Å². The Morgan fingerprint density at radius 2 is 1.70 bits per heavy atom. The van der Waals surface area contributed by atoms with Gasteiger partial charge in [-0.25, -0.2) is 4.79 Å². The topological polar surface area (TPSA) is 51.5 Å². The molecule has 0 aliphatic carbocycles. The number of carbonyl (C=O) groups is 1. The molecule has 0 amide bonds. The summed E-state index contributed by atoms with van der Waals surface area (Å²) in [5.41, 5.74) is 1.70. The number of fused-ring (bicyclic) bond motifs is 1. The fourth-order valence-electron chi connectivity index (χ4n) is 2.35. The standard InChI is InChI=1S/C16H13NO3/c1-20-16(19)14-15(18)12-9-5-6-10-13(12)17(14)11-7-3-2-4-8-11/h2-10,18H,1H3. The van der Waals surface area contributed by atoms with Gasteiger partial charge in [-0.1, -0.05) is 30.3 Å². The highest BCUT2D eigenvalue weighted by Crippen LogP contribution is 2.34. The summed E-state index contributed by atoms with van der Waals surface area (Å²) in [6.45, 7) is 0. The van der Waals surface area contributed by atoms with Gasteiger partial charge >= 0.3 is 5.97 Å². The Bertz CT molecular complexity index is 775. The van der Waals surface area contributed by atoms with Gasteiger partial charge in [0.05, 0.1) is 12.6 Å². The van der Waals surface area contributed by atoms with Crippen LogP contribution >= 0.6 is 0 Å². The van der Waals surface area contributed by atoms with E-state index in [1.54, 1.807) is 10.6 Å². The van der Waals surface area contributed by atoms with E-state index < -0.39 is 5.97 Å². The molecule has 3 rings (SSSR count). The maximum Gasteiger partial charge on any atom is 0.358 e. The predicted molar refractivity (Wildman–Crippen MR) is 76.3 cm³/mol. The second-order valence-corrected chi connectivity index (χ2v) is 4.38. The third kappa shape index (κ3) is 1.73. The first kappa shape index (κ1) is 12.3. The second kappa shape index (κ2) is 4.74. The van der Waals surface area contributed by atoms with E-state index in [9.17, 15) is 9.90 Å². The van der Waals surface area contributed by atoms with Crippen molar-refractivity contribution in [3.8, 4) is 11.4 Å². The Morgan fingerprint density at radius 1 is 1.05 bits per heavy atom. The molecule has 0 atom stereocenters. The van der Waals surface area contributed by atoms with Gasteiger partial charge in [0.1, 0.15) is 0 Å². The minimum absolute atomic E-state index is 0.0590. The van der Waals surface area contributed by atoms with Crippen LogP contribution in [0.2, 0.25) is 0 Å². The molecule has 2 aromatic carbocycles. The normalized spacial score (nSPS) is 10.7. The van der Waals surface area contributed by atoms with E-state index in [-0.39, 0.29) is 11.4 Å². The summed E-state index contributed by atoms with van der Waals surface area (Å²) < 4.78 is 6.49. The molecule has 100 valence electrons. The number of aromatic nitrogens is 1. The van der Waals surface area contributed by atoms with E-state index in [1.807, 2.05) is 48.5 Å². The number of carbonyl (C=O) groups excluding carboxylic acids is 1. The molecule has 0 bridgehead atoms. The zero-order valence-electron chi connectivity index (χ0n) is 10.9. The van der Waals surface area contributed by atoms with Gasteiger partial charge in [-0.15, -0.1) is 0 Å². The van der Waals surface area contributed by atoms with Crippen molar-refractivity contribution in [3.05, 3.63) is 60.3 Å². The van der Waals surface area contributed by atoms with Crippen molar-refractivity contribution in [3.63, 3.8) is 0 Å². The minimum Gasteiger partial charge on any atom is -0.505 e. The number of hydrogen-bond donors (Lipinski definition) is 1. The molecule has 3 aromatic rings. The Labute approximate surface area is 115 Å². The van der Waals surface area contributed by atoms with Crippen LogP contribution in [0.15, 0.2) is 54.6 Å². The molecule has 0 saturated heterocycles. The SMILES string of the molecule is COC(=O)c1c(O)c2ccccc2n1-c1ccccc1. The van der Waals surface area contributed by atoms with Gasteiger partial charge in [0.2, 0.25) is 0 Å². The van der Waals surface area contributed by atoms with Crippen LogP contribution in [-0.2, 0) is 4.74 Å². The van der Waals surface area contributed by atoms with E-state index in [4.69, 9.17) is 4.74 Å².